The third-order valence-electron chi connectivity index (χ3n) is 2.95. The normalized spacial score (nSPS) is 10.9. The molecule has 0 amide bonds. The fourth-order valence-electron chi connectivity index (χ4n) is 2.09. The molecular weight excluding hydrogens is 210 g/mol. The maximum absolute atomic E-state index is 5.71. The van der Waals surface area contributed by atoms with Gasteiger partial charge in [0, 0.05) is 17.5 Å². The molecule has 84 valence electrons. The zero-order valence-electron chi connectivity index (χ0n) is 9.35. The van der Waals surface area contributed by atoms with Gasteiger partial charge in [0.05, 0.1) is 11.2 Å². The summed E-state index contributed by atoms with van der Waals surface area (Å²) in [5.74, 6) is 0. The van der Waals surface area contributed by atoms with Gasteiger partial charge in [0.25, 0.3) is 0 Å². The van der Waals surface area contributed by atoms with E-state index in [1.54, 1.807) is 0 Å². The number of nitrogens with two attached hydrogens (primary N) is 1. The van der Waals surface area contributed by atoms with Gasteiger partial charge in [-0.25, -0.2) is 0 Å². The molecule has 0 fully saturated rings. The quantitative estimate of drug-likeness (QED) is 0.701. The lowest BCUT2D eigenvalue weighted by molar-refractivity contribution is 1.06. The lowest BCUT2D eigenvalue weighted by atomic mass is 10.1. The summed E-state index contributed by atoms with van der Waals surface area (Å²) in [6.45, 7) is 0.510. The minimum atomic E-state index is 0.510. The van der Waals surface area contributed by atoms with Crippen LogP contribution in [0.25, 0.3) is 22.2 Å². The van der Waals surface area contributed by atoms with Crippen molar-refractivity contribution < 1.29 is 0 Å². The van der Waals surface area contributed by atoms with Crippen LogP contribution in [0.5, 0.6) is 0 Å². The average molecular weight is 223 g/mol. The second-order valence-corrected chi connectivity index (χ2v) is 3.98. The molecule has 0 aliphatic rings. The molecule has 0 radical (unpaired) electrons. The van der Waals surface area contributed by atoms with Gasteiger partial charge in [-0.15, -0.1) is 0 Å². The molecule has 0 unspecified atom stereocenters. The minimum absolute atomic E-state index is 0.510. The summed E-state index contributed by atoms with van der Waals surface area (Å²) in [5.41, 5.74) is 9.94. The van der Waals surface area contributed by atoms with Gasteiger partial charge in [0.2, 0.25) is 0 Å². The van der Waals surface area contributed by atoms with E-state index in [4.69, 9.17) is 5.73 Å². The van der Waals surface area contributed by atoms with Crippen LogP contribution in [0.1, 0.15) is 5.56 Å². The first-order valence-electron chi connectivity index (χ1n) is 5.61. The number of benzene rings is 2. The minimum Gasteiger partial charge on any atom is -0.326 e. The molecule has 0 spiro atoms. The Morgan fingerprint density at radius 1 is 1.00 bits per heavy atom. The smallest absolute Gasteiger partial charge is 0.0972 e. The highest BCUT2D eigenvalue weighted by molar-refractivity contribution is 5.94. The number of fused-ring (bicyclic) bond motifs is 1. The van der Waals surface area contributed by atoms with Gasteiger partial charge < -0.3 is 5.73 Å². The van der Waals surface area contributed by atoms with Gasteiger partial charge in [0.15, 0.2) is 0 Å². The highest BCUT2D eigenvalue weighted by atomic mass is 15.1. The molecule has 0 aliphatic carbocycles. The molecule has 0 bridgehead atoms. The maximum atomic E-state index is 5.71. The van der Waals surface area contributed by atoms with E-state index in [9.17, 15) is 0 Å². The van der Waals surface area contributed by atoms with Crippen LogP contribution in [0.2, 0.25) is 0 Å². The van der Waals surface area contributed by atoms with Gasteiger partial charge >= 0.3 is 0 Å². The van der Waals surface area contributed by atoms with Gasteiger partial charge in [-0.05, 0) is 5.56 Å². The standard InChI is InChI=1S/C14H13N3/c15-9-11-7-4-8-12-13(16-17-14(11)12)10-5-2-1-3-6-10/h1-8H,9,15H2,(H,16,17). The number of hydrogen-bond donors (Lipinski definition) is 2. The van der Waals surface area contributed by atoms with E-state index in [-0.39, 0.29) is 0 Å². The van der Waals surface area contributed by atoms with Crippen molar-refractivity contribution in [3.63, 3.8) is 0 Å². The van der Waals surface area contributed by atoms with Crippen LogP contribution in [0.15, 0.2) is 48.5 Å². The Bertz CT molecular complexity index is 641. The summed E-state index contributed by atoms with van der Waals surface area (Å²) in [4.78, 5) is 0. The third kappa shape index (κ3) is 1.61. The van der Waals surface area contributed by atoms with Gasteiger partial charge in [-0.2, -0.15) is 5.10 Å². The summed E-state index contributed by atoms with van der Waals surface area (Å²) >= 11 is 0. The van der Waals surface area contributed by atoms with Crippen LogP contribution in [0, 0.1) is 0 Å². The van der Waals surface area contributed by atoms with E-state index in [1.165, 1.54) is 0 Å². The first-order valence-corrected chi connectivity index (χ1v) is 5.61. The molecule has 3 nitrogen and oxygen atoms in total. The molecule has 2 aromatic carbocycles. The van der Waals surface area contributed by atoms with Crippen LogP contribution in [0.4, 0.5) is 0 Å². The summed E-state index contributed by atoms with van der Waals surface area (Å²) in [5, 5.41) is 8.58. The fourth-order valence-corrected chi connectivity index (χ4v) is 2.09. The van der Waals surface area contributed by atoms with Crippen molar-refractivity contribution in [2.75, 3.05) is 0 Å². The first-order chi connectivity index (χ1) is 8.40. The van der Waals surface area contributed by atoms with Crippen molar-refractivity contribution in [3.8, 4) is 11.3 Å². The van der Waals surface area contributed by atoms with E-state index in [2.05, 4.69) is 28.4 Å². The molecule has 3 aromatic rings. The van der Waals surface area contributed by atoms with E-state index < -0.39 is 0 Å². The highest BCUT2D eigenvalue weighted by Gasteiger charge is 2.09. The predicted octanol–water partition coefficient (Wildman–Crippen LogP) is 2.69. The Morgan fingerprint density at radius 2 is 1.82 bits per heavy atom. The van der Waals surface area contributed by atoms with E-state index in [0.29, 0.717) is 6.54 Å². The Labute approximate surface area is 99.3 Å². The lowest BCUT2D eigenvalue weighted by Crippen LogP contribution is -1.96. The van der Waals surface area contributed by atoms with Crippen LogP contribution in [-0.2, 0) is 6.54 Å². The molecule has 0 saturated carbocycles. The Balaban J connectivity index is 2.26. The molecule has 3 N–H and O–H groups in total. The summed E-state index contributed by atoms with van der Waals surface area (Å²) < 4.78 is 0. The molecule has 3 heteroatoms. The van der Waals surface area contributed by atoms with Crippen molar-refractivity contribution in [1.82, 2.24) is 10.2 Å². The Morgan fingerprint density at radius 3 is 2.59 bits per heavy atom. The number of nitrogens with zero attached hydrogens (tertiary/aromatic N) is 1. The van der Waals surface area contributed by atoms with Gasteiger partial charge in [-0.1, -0.05) is 48.5 Å². The summed E-state index contributed by atoms with van der Waals surface area (Å²) in [6, 6.07) is 16.3. The zero-order valence-corrected chi connectivity index (χ0v) is 9.35. The van der Waals surface area contributed by atoms with Crippen LogP contribution in [0.3, 0.4) is 0 Å². The highest BCUT2D eigenvalue weighted by Crippen LogP contribution is 2.27. The predicted molar refractivity (Wildman–Crippen MR) is 69.4 cm³/mol. The molecule has 0 atom stereocenters. The number of hydrogen-bond acceptors (Lipinski definition) is 2. The largest absolute Gasteiger partial charge is 0.326 e. The van der Waals surface area contributed by atoms with Gasteiger partial charge in [-0.3, -0.25) is 5.10 Å². The molecule has 1 aromatic heterocycles. The molecule has 1 heterocycles. The first kappa shape index (κ1) is 10.1. The second kappa shape index (κ2) is 4.03. The molecular formula is C14H13N3. The Kier molecular flexibility index (Phi) is 2.38. The lowest BCUT2D eigenvalue weighted by Gasteiger charge is -1.99. The SMILES string of the molecule is NCc1cccc2c(-c3ccccc3)[nH]nc12. The van der Waals surface area contributed by atoms with Gasteiger partial charge in [0.1, 0.15) is 0 Å². The van der Waals surface area contributed by atoms with E-state index in [0.717, 1.165) is 27.7 Å². The number of nitrogens with one attached hydrogen (secondary N) is 1. The second-order valence-electron chi connectivity index (χ2n) is 3.98. The van der Waals surface area contributed by atoms with E-state index in [1.807, 2.05) is 30.3 Å². The monoisotopic (exact) mass is 223 g/mol. The summed E-state index contributed by atoms with van der Waals surface area (Å²) in [7, 11) is 0. The van der Waals surface area contributed by atoms with Crippen LogP contribution in [-0.4, -0.2) is 10.2 Å². The number of H-pyrrole nitrogens is 1. The number of rotatable bonds is 2. The zero-order chi connectivity index (χ0) is 11.7. The van der Waals surface area contributed by atoms with Crippen molar-refractivity contribution in [2.24, 2.45) is 5.73 Å². The van der Waals surface area contributed by atoms with Crippen molar-refractivity contribution in [2.45, 2.75) is 6.54 Å². The topological polar surface area (TPSA) is 54.7 Å². The van der Waals surface area contributed by atoms with Crippen molar-refractivity contribution in [1.29, 1.82) is 0 Å². The number of para-hydroxylation sites is 1. The van der Waals surface area contributed by atoms with Crippen LogP contribution < -0.4 is 5.73 Å². The molecule has 17 heavy (non-hydrogen) atoms. The third-order valence-corrected chi connectivity index (χ3v) is 2.95. The Hall–Kier alpha value is -2.13. The summed E-state index contributed by atoms with van der Waals surface area (Å²) in [6.07, 6.45) is 0. The number of aromatic amines is 1. The van der Waals surface area contributed by atoms with Crippen LogP contribution >= 0.6 is 0 Å². The molecule has 3 rings (SSSR count). The van der Waals surface area contributed by atoms with E-state index >= 15 is 0 Å². The van der Waals surface area contributed by atoms with Crippen molar-refractivity contribution >= 4 is 10.9 Å². The van der Waals surface area contributed by atoms with Crippen molar-refractivity contribution in [3.05, 3.63) is 54.1 Å². The molecule has 0 saturated heterocycles. The molecule has 0 aliphatic heterocycles. The fraction of sp³-hybridized carbons (Fsp3) is 0.0714. The average Bonchev–Trinajstić information content (AvgIpc) is 2.83. The number of aromatic nitrogens is 2. The maximum Gasteiger partial charge on any atom is 0.0972 e.